The van der Waals surface area contributed by atoms with Gasteiger partial charge in [-0.2, -0.15) is 5.10 Å². The first kappa shape index (κ1) is 12.1. The van der Waals surface area contributed by atoms with Gasteiger partial charge in [0.15, 0.2) is 5.84 Å². The van der Waals surface area contributed by atoms with Gasteiger partial charge < -0.3 is 10.9 Å². The van der Waals surface area contributed by atoms with Crippen LogP contribution >= 0.6 is 0 Å². The average molecular weight is 245 g/mol. The Morgan fingerprint density at radius 1 is 1.33 bits per heavy atom. The molecule has 6 nitrogen and oxygen atoms in total. The topological polar surface area (TPSA) is 89.3 Å². The minimum Gasteiger partial charge on any atom is -0.409 e. The van der Waals surface area contributed by atoms with Crippen LogP contribution in [-0.4, -0.2) is 25.8 Å². The second kappa shape index (κ2) is 4.48. The Balaban J connectivity index is 2.51. The number of hydrogen-bond donors (Lipinski definition) is 2. The minimum absolute atomic E-state index is 0.0937. The molecule has 1 aromatic carbocycles. The molecule has 0 spiro atoms. The van der Waals surface area contributed by atoms with Gasteiger partial charge in [0, 0.05) is 5.56 Å². The first-order chi connectivity index (χ1) is 8.52. The van der Waals surface area contributed by atoms with Crippen LogP contribution in [-0.2, 0) is 0 Å². The molecule has 2 aromatic rings. The molecule has 1 aromatic heterocycles. The molecule has 0 bridgehead atoms. The molecule has 0 saturated carbocycles. The molecule has 0 unspecified atom stereocenters. The van der Waals surface area contributed by atoms with Crippen molar-refractivity contribution in [1.29, 1.82) is 0 Å². The lowest BCUT2D eigenvalue weighted by Gasteiger charge is -2.08. The number of oxime groups is 1. The fraction of sp³-hybridized carbons (Fsp3) is 0.250. The number of benzene rings is 1. The van der Waals surface area contributed by atoms with Gasteiger partial charge in [0.05, 0.1) is 5.69 Å². The van der Waals surface area contributed by atoms with Gasteiger partial charge in [-0.05, 0) is 44.5 Å². The van der Waals surface area contributed by atoms with E-state index in [1.54, 1.807) is 10.7 Å². The molecule has 0 fully saturated rings. The normalized spacial score (nSPS) is 11.8. The molecule has 1 heterocycles. The third-order valence-electron chi connectivity index (χ3n) is 2.70. The average Bonchev–Trinajstić information content (AvgIpc) is 2.67. The van der Waals surface area contributed by atoms with E-state index in [0.717, 1.165) is 22.9 Å². The maximum absolute atomic E-state index is 8.65. The van der Waals surface area contributed by atoms with E-state index in [9.17, 15) is 0 Å². The SMILES string of the molecule is Cc1nc(C)n(-c2ccc(/C(N)=N/O)cc2C)n1. The molecular weight excluding hydrogens is 230 g/mol. The molecule has 94 valence electrons. The van der Waals surface area contributed by atoms with Gasteiger partial charge in [0.1, 0.15) is 11.6 Å². The second-order valence-corrected chi connectivity index (χ2v) is 4.10. The fourth-order valence-electron chi connectivity index (χ4n) is 1.86. The molecule has 0 saturated heterocycles. The maximum Gasteiger partial charge on any atom is 0.170 e. The summed E-state index contributed by atoms with van der Waals surface area (Å²) in [5.74, 6) is 1.65. The molecule has 6 heteroatoms. The summed E-state index contributed by atoms with van der Waals surface area (Å²) >= 11 is 0. The van der Waals surface area contributed by atoms with E-state index in [4.69, 9.17) is 10.9 Å². The fourth-order valence-corrected chi connectivity index (χ4v) is 1.86. The summed E-state index contributed by atoms with van der Waals surface area (Å²) in [4.78, 5) is 4.27. The Bertz CT molecular complexity index is 615. The van der Waals surface area contributed by atoms with E-state index in [-0.39, 0.29) is 5.84 Å². The first-order valence-electron chi connectivity index (χ1n) is 5.52. The van der Waals surface area contributed by atoms with Crippen LogP contribution in [0.2, 0.25) is 0 Å². The minimum atomic E-state index is 0.0937. The van der Waals surface area contributed by atoms with Crippen LogP contribution in [0.25, 0.3) is 5.69 Å². The lowest BCUT2D eigenvalue weighted by molar-refractivity contribution is 0.318. The van der Waals surface area contributed by atoms with Crippen LogP contribution in [0.3, 0.4) is 0 Å². The molecule has 0 aliphatic heterocycles. The van der Waals surface area contributed by atoms with Crippen LogP contribution in [0.15, 0.2) is 23.4 Å². The van der Waals surface area contributed by atoms with E-state index in [1.165, 1.54) is 0 Å². The molecule has 0 aliphatic carbocycles. The van der Waals surface area contributed by atoms with Gasteiger partial charge in [0.25, 0.3) is 0 Å². The van der Waals surface area contributed by atoms with E-state index >= 15 is 0 Å². The Hall–Kier alpha value is -2.37. The van der Waals surface area contributed by atoms with Crippen LogP contribution in [0.5, 0.6) is 0 Å². The summed E-state index contributed by atoms with van der Waals surface area (Å²) in [5, 5.41) is 16.0. The summed E-state index contributed by atoms with van der Waals surface area (Å²) in [6, 6.07) is 5.51. The van der Waals surface area contributed by atoms with Gasteiger partial charge in [-0.15, -0.1) is 0 Å². The van der Waals surface area contributed by atoms with Crippen LogP contribution in [0.1, 0.15) is 22.8 Å². The van der Waals surface area contributed by atoms with Crippen LogP contribution in [0, 0.1) is 20.8 Å². The van der Waals surface area contributed by atoms with Crippen molar-refractivity contribution in [2.24, 2.45) is 10.9 Å². The molecule has 0 radical (unpaired) electrons. The molecule has 2 rings (SSSR count). The smallest absolute Gasteiger partial charge is 0.170 e. The highest BCUT2D eigenvalue weighted by atomic mass is 16.4. The van der Waals surface area contributed by atoms with Crippen molar-refractivity contribution in [3.05, 3.63) is 41.0 Å². The molecule has 18 heavy (non-hydrogen) atoms. The highest BCUT2D eigenvalue weighted by Crippen LogP contribution is 2.16. The highest BCUT2D eigenvalue weighted by Gasteiger charge is 2.09. The number of nitrogens with two attached hydrogens (primary N) is 1. The Morgan fingerprint density at radius 3 is 2.56 bits per heavy atom. The van der Waals surface area contributed by atoms with Crippen molar-refractivity contribution in [2.75, 3.05) is 0 Å². The van der Waals surface area contributed by atoms with Gasteiger partial charge >= 0.3 is 0 Å². The predicted octanol–water partition coefficient (Wildman–Crippen LogP) is 1.29. The summed E-state index contributed by atoms with van der Waals surface area (Å²) in [7, 11) is 0. The Kier molecular flexibility index (Phi) is 3.01. The van der Waals surface area contributed by atoms with Gasteiger partial charge in [-0.3, -0.25) is 0 Å². The van der Waals surface area contributed by atoms with E-state index in [2.05, 4.69) is 15.2 Å². The standard InChI is InChI=1S/C12H15N5O/c1-7-6-10(12(13)16-18)4-5-11(7)17-9(3)14-8(2)15-17/h4-6,18H,1-3H3,(H2,13,16). The number of aromatic nitrogens is 3. The summed E-state index contributed by atoms with van der Waals surface area (Å²) in [5.41, 5.74) is 8.14. The van der Waals surface area contributed by atoms with Crippen molar-refractivity contribution < 1.29 is 5.21 Å². The van der Waals surface area contributed by atoms with Crippen LogP contribution < -0.4 is 5.73 Å². The van der Waals surface area contributed by atoms with Crippen molar-refractivity contribution in [2.45, 2.75) is 20.8 Å². The molecule has 0 amide bonds. The molecule has 0 aliphatic rings. The van der Waals surface area contributed by atoms with Crippen molar-refractivity contribution in [1.82, 2.24) is 14.8 Å². The highest BCUT2D eigenvalue weighted by molar-refractivity contribution is 5.97. The van der Waals surface area contributed by atoms with E-state index in [1.807, 2.05) is 32.9 Å². The maximum atomic E-state index is 8.65. The van der Waals surface area contributed by atoms with Crippen molar-refractivity contribution in [3.8, 4) is 5.69 Å². The molecule has 3 N–H and O–H groups in total. The zero-order valence-corrected chi connectivity index (χ0v) is 10.5. The predicted molar refractivity (Wildman–Crippen MR) is 68.1 cm³/mol. The number of rotatable bonds is 2. The second-order valence-electron chi connectivity index (χ2n) is 4.10. The van der Waals surface area contributed by atoms with E-state index < -0.39 is 0 Å². The summed E-state index contributed by atoms with van der Waals surface area (Å²) in [6.07, 6.45) is 0. The Labute approximate surface area is 105 Å². The quantitative estimate of drug-likeness (QED) is 0.361. The van der Waals surface area contributed by atoms with E-state index in [0.29, 0.717) is 5.56 Å². The van der Waals surface area contributed by atoms with Crippen LogP contribution in [0.4, 0.5) is 0 Å². The zero-order valence-electron chi connectivity index (χ0n) is 10.5. The molecular formula is C12H15N5O. The van der Waals surface area contributed by atoms with Gasteiger partial charge in [0.2, 0.25) is 0 Å². The zero-order chi connectivity index (χ0) is 13.3. The summed E-state index contributed by atoms with van der Waals surface area (Å²) < 4.78 is 1.78. The number of amidine groups is 1. The van der Waals surface area contributed by atoms with Gasteiger partial charge in [-0.1, -0.05) is 5.16 Å². The number of aryl methyl sites for hydroxylation is 3. The third-order valence-corrected chi connectivity index (χ3v) is 2.70. The van der Waals surface area contributed by atoms with Crippen molar-refractivity contribution in [3.63, 3.8) is 0 Å². The van der Waals surface area contributed by atoms with Gasteiger partial charge in [-0.25, -0.2) is 9.67 Å². The monoisotopic (exact) mass is 245 g/mol. The lowest BCUT2D eigenvalue weighted by Crippen LogP contribution is -2.13. The third kappa shape index (κ3) is 2.04. The molecule has 0 atom stereocenters. The number of nitrogens with zero attached hydrogens (tertiary/aromatic N) is 4. The first-order valence-corrected chi connectivity index (χ1v) is 5.52. The number of hydrogen-bond acceptors (Lipinski definition) is 4. The van der Waals surface area contributed by atoms with Crippen molar-refractivity contribution >= 4 is 5.84 Å². The largest absolute Gasteiger partial charge is 0.409 e. The summed E-state index contributed by atoms with van der Waals surface area (Å²) in [6.45, 7) is 5.69. The lowest BCUT2D eigenvalue weighted by atomic mass is 10.1. The Morgan fingerprint density at radius 2 is 2.06 bits per heavy atom.